The van der Waals surface area contributed by atoms with Gasteiger partial charge in [0.1, 0.15) is 23.3 Å². The van der Waals surface area contributed by atoms with E-state index < -0.39 is 11.6 Å². The summed E-state index contributed by atoms with van der Waals surface area (Å²) >= 11 is 0. The number of imidazole rings is 1. The van der Waals surface area contributed by atoms with E-state index in [0.29, 0.717) is 16.9 Å². The topological polar surface area (TPSA) is 46.8 Å². The summed E-state index contributed by atoms with van der Waals surface area (Å²) < 4.78 is 29.9. The minimum atomic E-state index is -0.657. The van der Waals surface area contributed by atoms with Gasteiger partial charge in [0.2, 0.25) is 0 Å². The van der Waals surface area contributed by atoms with Crippen LogP contribution in [0.25, 0.3) is 28.1 Å². The van der Waals surface area contributed by atoms with Crippen LogP contribution in [0.1, 0.15) is 24.8 Å². The SMILES string of the molecule is Cc1cc(N2CCCCC2)ncc1-c1nc2ccncc2n1-c1ccc(F)cc1F. The summed E-state index contributed by atoms with van der Waals surface area (Å²) in [4.78, 5) is 15.9. The molecule has 0 N–H and O–H groups in total. The quantitative estimate of drug-likeness (QED) is 0.478. The molecule has 1 aliphatic heterocycles. The van der Waals surface area contributed by atoms with Gasteiger partial charge in [-0.05, 0) is 56.0 Å². The van der Waals surface area contributed by atoms with Crippen molar-refractivity contribution < 1.29 is 8.78 Å². The van der Waals surface area contributed by atoms with Crippen molar-refractivity contribution in [3.05, 3.63) is 66.1 Å². The molecule has 0 atom stereocenters. The molecule has 0 spiro atoms. The molecule has 30 heavy (non-hydrogen) atoms. The van der Waals surface area contributed by atoms with Gasteiger partial charge in [-0.15, -0.1) is 0 Å². The predicted octanol–water partition coefficient (Wildman–Crippen LogP) is 5.06. The Morgan fingerprint density at radius 2 is 1.80 bits per heavy atom. The lowest BCUT2D eigenvalue weighted by molar-refractivity contribution is 0.573. The van der Waals surface area contributed by atoms with Crippen molar-refractivity contribution in [3.63, 3.8) is 0 Å². The molecule has 3 aromatic heterocycles. The summed E-state index contributed by atoms with van der Waals surface area (Å²) in [5.74, 6) is 0.228. The van der Waals surface area contributed by atoms with Crippen LogP contribution >= 0.6 is 0 Å². The van der Waals surface area contributed by atoms with Gasteiger partial charge in [0, 0.05) is 37.1 Å². The Balaban J connectivity index is 1.68. The van der Waals surface area contributed by atoms with Gasteiger partial charge in [-0.2, -0.15) is 0 Å². The zero-order chi connectivity index (χ0) is 20.7. The van der Waals surface area contributed by atoms with Gasteiger partial charge < -0.3 is 4.90 Å². The first-order chi connectivity index (χ1) is 14.6. The number of nitrogens with zero attached hydrogens (tertiary/aromatic N) is 5. The van der Waals surface area contributed by atoms with Gasteiger partial charge in [-0.1, -0.05) is 0 Å². The van der Waals surface area contributed by atoms with E-state index in [4.69, 9.17) is 4.98 Å². The summed E-state index contributed by atoms with van der Waals surface area (Å²) in [5.41, 5.74) is 3.36. The van der Waals surface area contributed by atoms with Crippen LogP contribution in [-0.4, -0.2) is 32.6 Å². The number of piperidine rings is 1. The first-order valence-electron chi connectivity index (χ1n) is 10.1. The molecule has 1 aliphatic rings. The highest BCUT2D eigenvalue weighted by atomic mass is 19.1. The Labute approximate surface area is 173 Å². The maximum atomic E-state index is 14.7. The largest absolute Gasteiger partial charge is 0.357 e. The number of fused-ring (bicyclic) bond motifs is 1. The monoisotopic (exact) mass is 405 g/mol. The number of hydrogen-bond acceptors (Lipinski definition) is 4. The number of aryl methyl sites for hydroxylation is 1. The van der Waals surface area contributed by atoms with E-state index in [9.17, 15) is 8.78 Å². The number of halogens is 2. The molecule has 0 radical (unpaired) electrons. The maximum Gasteiger partial charge on any atom is 0.150 e. The Bertz CT molecular complexity index is 1230. The van der Waals surface area contributed by atoms with Crippen LogP contribution < -0.4 is 4.90 Å². The second kappa shape index (κ2) is 7.48. The standard InChI is InChI=1S/C23H21F2N5/c1-15-11-22(29-9-3-2-4-10-29)27-13-17(15)23-28-19-7-8-26-14-21(19)30(23)20-6-5-16(24)12-18(20)25/h5-8,11-14H,2-4,9-10H2,1H3. The fourth-order valence-corrected chi connectivity index (χ4v) is 4.08. The average molecular weight is 405 g/mol. The Kier molecular flexibility index (Phi) is 4.65. The van der Waals surface area contributed by atoms with Crippen molar-refractivity contribution in [1.29, 1.82) is 0 Å². The van der Waals surface area contributed by atoms with Gasteiger partial charge in [0.05, 0.1) is 22.9 Å². The van der Waals surface area contributed by atoms with Gasteiger partial charge in [-0.25, -0.2) is 18.7 Å². The molecule has 1 fully saturated rings. The molecular formula is C23H21F2N5. The number of hydrogen-bond donors (Lipinski definition) is 0. The van der Waals surface area contributed by atoms with Crippen molar-refractivity contribution in [1.82, 2.24) is 19.5 Å². The highest BCUT2D eigenvalue weighted by Crippen LogP contribution is 2.32. The van der Waals surface area contributed by atoms with Crippen LogP contribution in [0.5, 0.6) is 0 Å². The Hall–Kier alpha value is -3.35. The normalized spacial score (nSPS) is 14.4. The number of pyridine rings is 2. The summed E-state index contributed by atoms with van der Waals surface area (Å²) in [6.45, 7) is 4.03. The first-order valence-corrected chi connectivity index (χ1v) is 10.1. The average Bonchev–Trinajstić information content (AvgIpc) is 3.13. The zero-order valence-corrected chi connectivity index (χ0v) is 16.6. The molecule has 7 heteroatoms. The summed E-state index contributed by atoms with van der Waals surface area (Å²) in [7, 11) is 0. The van der Waals surface area contributed by atoms with Crippen LogP contribution in [0.2, 0.25) is 0 Å². The van der Waals surface area contributed by atoms with Crippen molar-refractivity contribution in [2.75, 3.05) is 18.0 Å². The minimum Gasteiger partial charge on any atom is -0.357 e. The van der Waals surface area contributed by atoms with E-state index in [0.717, 1.165) is 36.1 Å². The van der Waals surface area contributed by atoms with Crippen molar-refractivity contribution >= 4 is 16.9 Å². The van der Waals surface area contributed by atoms with Crippen molar-refractivity contribution in [2.24, 2.45) is 0 Å². The van der Waals surface area contributed by atoms with Crippen LogP contribution in [0.3, 0.4) is 0 Å². The highest BCUT2D eigenvalue weighted by molar-refractivity contribution is 5.83. The van der Waals surface area contributed by atoms with Crippen molar-refractivity contribution in [2.45, 2.75) is 26.2 Å². The summed E-state index contributed by atoms with van der Waals surface area (Å²) in [6.07, 6.45) is 8.69. The molecule has 1 aromatic carbocycles. The highest BCUT2D eigenvalue weighted by Gasteiger charge is 2.20. The van der Waals surface area contributed by atoms with Crippen LogP contribution in [0.4, 0.5) is 14.6 Å². The maximum absolute atomic E-state index is 14.7. The lowest BCUT2D eigenvalue weighted by Gasteiger charge is -2.28. The summed E-state index contributed by atoms with van der Waals surface area (Å²) in [6, 6.07) is 7.39. The lowest BCUT2D eigenvalue weighted by Crippen LogP contribution is -2.30. The number of anilines is 1. The molecule has 4 heterocycles. The van der Waals surface area contributed by atoms with E-state index in [2.05, 4.69) is 20.9 Å². The second-order valence-electron chi connectivity index (χ2n) is 7.64. The molecule has 0 aliphatic carbocycles. The summed E-state index contributed by atoms with van der Waals surface area (Å²) in [5, 5.41) is 0. The van der Waals surface area contributed by atoms with Gasteiger partial charge in [0.25, 0.3) is 0 Å². The third-order valence-electron chi connectivity index (χ3n) is 5.62. The molecule has 5 rings (SSSR count). The second-order valence-corrected chi connectivity index (χ2v) is 7.64. The van der Waals surface area contributed by atoms with E-state index in [1.165, 1.54) is 31.4 Å². The van der Waals surface area contributed by atoms with E-state index in [1.807, 2.05) is 6.92 Å². The fraction of sp³-hybridized carbons (Fsp3) is 0.261. The zero-order valence-electron chi connectivity index (χ0n) is 16.6. The molecule has 0 bridgehead atoms. The molecule has 4 aromatic rings. The Morgan fingerprint density at radius 1 is 0.967 bits per heavy atom. The predicted molar refractivity (Wildman–Crippen MR) is 113 cm³/mol. The van der Waals surface area contributed by atoms with Crippen LogP contribution in [0.15, 0.2) is 48.9 Å². The van der Waals surface area contributed by atoms with Crippen molar-refractivity contribution in [3.8, 4) is 17.1 Å². The fourth-order valence-electron chi connectivity index (χ4n) is 4.08. The van der Waals surface area contributed by atoms with E-state index in [1.54, 1.807) is 29.2 Å². The lowest BCUT2D eigenvalue weighted by atomic mass is 10.1. The third kappa shape index (κ3) is 3.20. The number of aromatic nitrogens is 4. The van der Waals surface area contributed by atoms with Gasteiger partial charge in [-0.3, -0.25) is 9.55 Å². The molecule has 0 saturated carbocycles. The van der Waals surface area contributed by atoms with E-state index >= 15 is 0 Å². The number of benzene rings is 1. The minimum absolute atomic E-state index is 0.224. The van der Waals surface area contributed by atoms with Crippen LogP contribution in [0, 0.1) is 18.6 Å². The molecule has 1 saturated heterocycles. The van der Waals surface area contributed by atoms with E-state index in [-0.39, 0.29) is 5.69 Å². The molecule has 0 unspecified atom stereocenters. The molecule has 0 amide bonds. The molecule has 5 nitrogen and oxygen atoms in total. The third-order valence-corrected chi connectivity index (χ3v) is 5.62. The molecular weight excluding hydrogens is 384 g/mol. The van der Waals surface area contributed by atoms with Gasteiger partial charge >= 0.3 is 0 Å². The van der Waals surface area contributed by atoms with Gasteiger partial charge in [0.15, 0.2) is 0 Å². The smallest absolute Gasteiger partial charge is 0.150 e. The Morgan fingerprint density at radius 3 is 2.57 bits per heavy atom. The number of rotatable bonds is 3. The first kappa shape index (κ1) is 18.7. The molecule has 152 valence electrons. The van der Waals surface area contributed by atoms with Crippen LogP contribution in [-0.2, 0) is 0 Å².